The van der Waals surface area contributed by atoms with Crippen molar-refractivity contribution in [1.82, 2.24) is 10.2 Å². The van der Waals surface area contributed by atoms with Crippen LogP contribution in [-0.2, 0) is 32.6 Å². The summed E-state index contributed by atoms with van der Waals surface area (Å²) in [6, 6.07) is 30.9. The zero-order chi connectivity index (χ0) is 28.5. The Morgan fingerprint density at radius 2 is 1.40 bits per heavy atom. The molecule has 0 fully saturated rings. The molecule has 0 aromatic heterocycles. The Balaban J connectivity index is 1.76. The van der Waals surface area contributed by atoms with Crippen LogP contribution in [-0.4, -0.2) is 50.5 Å². The Bertz CT molecular complexity index is 1540. The van der Waals surface area contributed by atoms with E-state index >= 15 is 0 Å². The second kappa shape index (κ2) is 13.3. The van der Waals surface area contributed by atoms with Gasteiger partial charge in [-0.25, -0.2) is 8.42 Å². The van der Waals surface area contributed by atoms with Gasteiger partial charge in [-0.05, 0) is 29.0 Å². The third-order valence-electron chi connectivity index (χ3n) is 6.73. The van der Waals surface area contributed by atoms with Crippen molar-refractivity contribution in [3.8, 4) is 0 Å². The van der Waals surface area contributed by atoms with E-state index in [1.54, 1.807) is 12.1 Å². The molecule has 1 atom stereocenters. The van der Waals surface area contributed by atoms with Gasteiger partial charge in [0.25, 0.3) is 0 Å². The summed E-state index contributed by atoms with van der Waals surface area (Å²) < 4.78 is 27.3. The lowest BCUT2D eigenvalue weighted by atomic mass is 10.0. The summed E-state index contributed by atoms with van der Waals surface area (Å²) in [5.74, 6) is -0.735. The molecule has 0 aliphatic rings. The molecule has 40 heavy (non-hydrogen) atoms. The van der Waals surface area contributed by atoms with Crippen LogP contribution in [0.15, 0.2) is 103 Å². The summed E-state index contributed by atoms with van der Waals surface area (Å²) in [4.78, 5) is 29.2. The van der Waals surface area contributed by atoms with Gasteiger partial charge in [-0.1, -0.05) is 104 Å². The van der Waals surface area contributed by atoms with E-state index in [4.69, 9.17) is 0 Å². The van der Waals surface area contributed by atoms with E-state index in [2.05, 4.69) is 5.32 Å². The zero-order valence-corrected chi connectivity index (χ0v) is 23.7. The Morgan fingerprint density at radius 1 is 0.800 bits per heavy atom. The molecule has 0 heterocycles. The molecule has 1 N–H and O–H groups in total. The second-order valence-electron chi connectivity index (χ2n) is 9.77. The SMILES string of the molecule is CCCNC(=O)[C@@H](Cc1ccccc1)N(Cc1ccccc1)C(=O)CN(c1cccc2ccccc12)S(C)(=O)=O. The average Bonchev–Trinajstić information content (AvgIpc) is 2.96. The number of anilines is 1. The van der Waals surface area contributed by atoms with Crippen LogP contribution in [0.5, 0.6) is 0 Å². The molecule has 208 valence electrons. The van der Waals surface area contributed by atoms with Crippen LogP contribution >= 0.6 is 0 Å². The van der Waals surface area contributed by atoms with Crippen molar-refractivity contribution in [3.63, 3.8) is 0 Å². The molecule has 0 saturated heterocycles. The molecule has 0 aliphatic carbocycles. The van der Waals surface area contributed by atoms with E-state index in [0.717, 1.165) is 38.9 Å². The number of nitrogens with zero attached hydrogens (tertiary/aromatic N) is 2. The summed E-state index contributed by atoms with van der Waals surface area (Å²) in [6.07, 6.45) is 2.14. The molecule has 7 nitrogen and oxygen atoms in total. The maximum absolute atomic E-state index is 14.2. The van der Waals surface area contributed by atoms with Gasteiger partial charge in [0, 0.05) is 24.9 Å². The predicted molar refractivity (Wildman–Crippen MR) is 160 cm³/mol. The topological polar surface area (TPSA) is 86.8 Å². The standard InChI is InChI=1S/C32H35N3O4S/c1-3-21-33-32(37)30(22-25-13-6-4-7-14-25)34(23-26-15-8-5-9-16-26)31(36)24-35(40(2,38)39)29-20-12-18-27-17-10-11-19-28(27)29/h4-20,30H,3,21-24H2,1-2H3,(H,33,37)/t30-/m1/s1. The molecule has 0 saturated carbocycles. The molecule has 0 unspecified atom stereocenters. The number of hydrogen-bond donors (Lipinski definition) is 1. The molecular formula is C32H35N3O4S. The Hall–Kier alpha value is -4.17. The highest BCUT2D eigenvalue weighted by Gasteiger charge is 2.33. The first-order chi connectivity index (χ1) is 19.3. The largest absolute Gasteiger partial charge is 0.354 e. The highest BCUT2D eigenvalue weighted by atomic mass is 32.2. The van der Waals surface area contributed by atoms with Gasteiger partial charge in [0.05, 0.1) is 11.9 Å². The summed E-state index contributed by atoms with van der Waals surface area (Å²) in [5, 5.41) is 4.53. The smallest absolute Gasteiger partial charge is 0.244 e. The third kappa shape index (κ3) is 7.27. The van der Waals surface area contributed by atoms with Gasteiger partial charge >= 0.3 is 0 Å². The number of fused-ring (bicyclic) bond motifs is 1. The van der Waals surface area contributed by atoms with E-state index in [1.165, 1.54) is 4.90 Å². The molecule has 2 amide bonds. The lowest BCUT2D eigenvalue weighted by molar-refractivity contribution is -0.140. The zero-order valence-electron chi connectivity index (χ0n) is 22.9. The highest BCUT2D eigenvalue weighted by molar-refractivity contribution is 7.92. The molecule has 4 aromatic carbocycles. The molecule has 0 spiro atoms. The van der Waals surface area contributed by atoms with E-state index in [0.29, 0.717) is 18.7 Å². The first-order valence-electron chi connectivity index (χ1n) is 13.4. The molecule has 0 aliphatic heterocycles. The minimum absolute atomic E-state index is 0.157. The lowest BCUT2D eigenvalue weighted by Crippen LogP contribution is -2.53. The van der Waals surface area contributed by atoms with Gasteiger partial charge in [0.2, 0.25) is 21.8 Å². The minimum Gasteiger partial charge on any atom is -0.354 e. The van der Waals surface area contributed by atoms with Gasteiger partial charge < -0.3 is 10.2 Å². The number of carbonyl (C=O) groups is 2. The van der Waals surface area contributed by atoms with E-state index in [1.807, 2.05) is 97.9 Å². The number of hydrogen-bond acceptors (Lipinski definition) is 4. The Kier molecular flexibility index (Phi) is 9.56. The fraction of sp³-hybridized carbons (Fsp3) is 0.250. The van der Waals surface area contributed by atoms with Crippen molar-refractivity contribution >= 4 is 38.3 Å². The summed E-state index contributed by atoms with van der Waals surface area (Å²) >= 11 is 0. The van der Waals surface area contributed by atoms with Gasteiger partial charge in [0.15, 0.2) is 0 Å². The van der Waals surface area contributed by atoms with Crippen molar-refractivity contribution < 1.29 is 18.0 Å². The van der Waals surface area contributed by atoms with Crippen LogP contribution in [0.3, 0.4) is 0 Å². The number of nitrogens with one attached hydrogen (secondary N) is 1. The third-order valence-corrected chi connectivity index (χ3v) is 7.86. The predicted octanol–water partition coefficient (Wildman–Crippen LogP) is 4.77. The second-order valence-corrected chi connectivity index (χ2v) is 11.7. The monoisotopic (exact) mass is 557 g/mol. The van der Waals surface area contributed by atoms with Crippen LogP contribution < -0.4 is 9.62 Å². The molecule has 4 rings (SSSR count). The molecule has 8 heteroatoms. The normalized spacial score (nSPS) is 12.1. The summed E-state index contributed by atoms with van der Waals surface area (Å²) in [5.41, 5.74) is 2.16. The number of rotatable bonds is 12. The van der Waals surface area contributed by atoms with Gasteiger partial charge in [-0.15, -0.1) is 0 Å². The fourth-order valence-corrected chi connectivity index (χ4v) is 5.58. The molecule has 0 bridgehead atoms. The van der Waals surface area contributed by atoms with Crippen molar-refractivity contribution in [2.45, 2.75) is 32.4 Å². The van der Waals surface area contributed by atoms with Crippen LogP contribution in [0.25, 0.3) is 10.8 Å². The minimum atomic E-state index is -3.84. The van der Waals surface area contributed by atoms with Gasteiger partial charge in [-0.3, -0.25) is 13.9 Å². The van der Waals surface area contributed by atoms with Crippen molar-refractivity contribution in [2.75, 3.05) is 23.7 Å². The van der Waals surface area contributed by atoms with Crippen LogP contribution in [0.4, 0.5) is 5.69 Å². The van der Waals surface area contributed by atoms with Gasteiger partial charge in [0.1, 0.15) is 12.6 Å². The van der Waals surface area contributed by atoms with Crippen LogP contribution in [0, 0.1) is 0 Å². The molecule has 0 radical (unpaired) electrons. The van der Waals surface area contributed by atoms with Crippen LogP contribution in [0.2, 0.25) is 0 Å². The summed E-state index contributed by atoms with van der Waals surface area (Å²) in [7, 11) is -3.84. The van der Waals surface area contributed by atoms with E-state index in [-0.39, 0.29) is 12.5 Å². The first-order valence-corrected chi connectivity index (χ1v) is 15.2. The maximum atomic E-state index is 14.2. The first kappa shape index (κ1) is 28.8. The lowest BCUT2D eigenvalue weighted by Gasteiger charge is -2.33. The summed E-state index contributed by atoms with van der Waals surface area (Å²) in [6.45, 7) is 2.16. The van der Waals surface area contributed by atoms with Crippen molar-refractivity contribution in [1.29, 1.82) is 0 Å². The number of carbonyl (C=O) groups excluding carboxylic acids is 2. The Morgan fingerprint density at radius 3 is 2.05 bits per heavy atom. The van der Waals surface area contributed by atoms with Crippen LogP contribution in [0.1, 0.15) is 24.5 Å². The average molecular weight is 558 g/mol. The Labute approximate surface area is 236 Å². The van der Waals surface area contributed by atoms with Crippen molar-refractivity contribution in [2.24, 2.45) is 0 Å². The number of sulfonamides is 1. The molecular weight excluding hydrogens is 522 g/mol. The maximum Gasteiger partial charge on any atom is 0.244 e. The van der Waals surface area contributed by atoms with E-state index < -0.39 is 28.5 Å². The fourth-order valence-electron chi connectivity index (χ4n) is 4.72. The number of amides is 2. The molecule has 4 aromatic rings. The van der Waals surface area contributed by atoms with Crippen molar-refractivity contribution in [3.05, 3.63) is 114 Å². The highest BCUT2D eigenvalue weighted by Crippen LogP contribution is 2.29. The quantitative estimate of drug-likeness (QED) is 0.272. The number of benzene rings is 4. The van der Waals surface area contributed by atoms with Gasteiger partial charge in [-0.2, -0.15) is 0 Å². The van der Waals surface area contributed by atoms with E-state index in [9.17, 15) is 18.0 Å².